The predicted octanol–water partition coefficient (Wildman–Crippen LogP) is 9.89. The van der Waals surface area contributed by atoms with Crippen molar-refractivity contribution in [3.8, 4) is 6.07 Å². The molecule has 0 N–H and O–H groups in total. The van der Waals surface area contributed by atoms with E-state index in [0.717, 1.165) is 20.8 Å². The molecule has 0 unspecified atom stereocenters. The number of hydrogen-bond donors (Lipinski definition) is 0. The van der Waals surface area contributed by atoms with Crippen molar-refractivity contribution in [2.24, 2.45) is 0 Å². The minimum Gasteiger partial charge on any atom is -0.192 e. The van der Waals surface area contributed by atoms with Crippen LogP contribution in [0.2, 0.25) is 0 Å². The number of rotatable bonds is 0. The highest BCUT2D eigenvalue weighted by molar-refractivity contribution is 9.10. The topological polar surface area (TPSA) is 23.8 Å². The van der Waals surface area contributed by atoms with Crippen molar-refractivity contribution >= 4 is 113 Å². The van der Waals surface area contributed by atoms with Crippen molar-refractivity contribution in [1.82, 2.24) is 0 Å². The molecule has 0 atom stereocenters. The number of nitrogens with zero attached hydrogens (tertiary/aromatic N) is 1. The Morgan fingerprint density at radius 2 is 0.914 bits per heavy atom. The Morgan fingerprint density at radius 3 is 1.63 bits per heavy atom. The van der Waals surface area contributed by atoms with Gasteiger partial charge in [0.15, 0.2) is 0 Å². The van der Waals surface area contributed by atoms with Gasteiger partial charge in [0, 0.05) is 15.2 Å². The molecule has 156 valence electrons. The lowest BCUT2D eigenvalue weighted by Gasteiger charge is -2.25. The first-order chi connectivity index (χ1) is 17.2. The van der Waals surface area contributed by atoms with Crippen molar-refractivity contribution < 1.29 is 0 Å². The lowest BCUT2D eigenvalue weighted by Crippen LogP contribution is -1.98. The summed E-state index contributed by atoms with van der Waals surface area (Å²) in [5.74, 6) is 0. The molecule has 0 aliphatic rings. The van der Waals surface area contributed by atoms with Crippen LogP contribution in [0.1, 0.15) is 5.56 Å². The van der Waals surface area contributed by atoms with E-state index < -0.39 is 0 Å². The summed E-state index contributed by atoms with van der Waals surface area (Å²) in [5.41, 5.74) is 0.754. The van der Waals surface area contributed by atoms with Crippen LogP contribution < -0.4 is 0 Å². The van der Waals surface area contributed by atoms with E-state index in [9.17, 15) is 5.26 Å². The van der Waals surface area contributed by atoms with Crippen LogP contribution in [0.4, 0.5) is 0 Å². The summed E-state index contributed by atoms with van der Waals surface area (Å²) in [7, 11) is 0. The number of benzene rings is 10. The van der Waals surface area contributed by atoms with E-state index in [-0.39, 0.29) is 0 Å². The van der Waals surface area contributed by atoms with Crippen molar-refractivity contribution in [1.29, 1.82) is 5.26 Å². The third-order valence-corrected chi connectivity index (χ3v) is 9.29. The van der Waals surface area contributed by atoms with Gasteiger partial charge >= 0.3 is 0 Å². The van der Waals surface area contributed by atoms with Crippen LogP contribution in [-0.4, -0.2) is 0 Å². The maximum atomic E-state index is 10.2. The van der Waals surface area contributed by atoms with Gasteiger partial charge in [-0.1, -0.05) is 64.5 Å². The maximum Gasteiger partial charge on any atom is 0.0998 e. The second-order valence-corrected chi connectivity index (χ2v) is 10.9. The van der Waals surface area contributed by atoms with Gasteiger partial charge in [0.2, 0.25) is 0 Å². The van der Waals surface area contributed by atoms with Gasteiger partial charge in [-0.3, -0.25) is 0 Å². The fraction of sp³-hybridized carbons (Fsp3) is 0. The molecule has 0 bridgehead atoms. The standard InChI is InChI=1S/C33H12BrN/c34-23-12-19-9-16-5-3-14-1-2-15-4-6-18-11-22-20(13-35)10-17-7-8-21(23)30-28(17)31(22)33-27(18)25(15)24(14)26(16)32(33)29(19)30/h1-12H. The van der Waals surface area contributed by atoms with Gasteiger partial charge in [-0.2, -0.15) is 5.26 Å². The summed E-state index contributed by atoms with van der Waals surface area (Å²) in [6.07, 6.45) is 0. The van der Waals surface area contributed by atoms with Crippen molar-refractivity contribution in [3.63, 3.8) is 0 Å². The van der Waals surface area contributed by atoms with E-state index >= 15 is 0 Å². The first-order valence-corrected chi connectivity index (χ1v) is 12.7. The Morgan fingerprint density at radius 1 is 0.429 bits per heavy atom. The molecule has 0 spiro atoms. The van der Waals surface area contributed by atoms with Gasteiger partial charge in [0.05, 0.1) is 11.6 Å². The van der Waals surface area contributed by atoms with E-state index in [1.807, 2.05) is 0 Å². The Hall–Kier alpha value is -4.19. The third kappa shape index (κ3) is 1.66. The normalized spacial score (nSPS) is 13.3. The van der Waals surface area contributed by atoms with Crippen LogP contribution >= 0.6 is 15.9 Å². The van der Waals surface area contributed by atoms with E-state index in [2.05, 4.69) is 94.8 Å². The molecule has 0 saturated heterocycles. The second kappa shape index (κ2) is 5.23. The molecule has 0 fully saturated rings. The fourth-order valence-electron chi connectivity index (χ4n) is 7.40. The molecule has 1 nitrogen and oxygen atoms in total. The average Bonchev–Trinajstić information content (AvgIpc) is 2.89. The Balaban J connectivity index is 1.79. The second-order valence-electron chi connectivity index (χ2n) is 10.1. The molecule has 0 radical (unpaired) electrons. The molecule has 0 saturated carbocycles. The van der Waals surface area contributed by atoms with E-state index in [4.69, 9.17) is 0 Å². The number of hydrogen-bond acceptors (Lipinski definition) is 1. The van der Waals surface area contributed by atoms with Gasteiger partial charge in [0.25, 0.3) is 0 Å². The summed E-state index contributed by atoms with van der Waals surface area (Å²) in [6, 6.07) is 29.5. The predicted molar refractivity (Wildman–Crippen MR) is 152 cm³/mol. The molecule has 0 heterocycles. The first-order valence-electron chi connectivity index (χ1n) is 11.9. The Labute approximate surface area is 206 Å². The van der Waals surface area contributed by atoms with Crippen LogP contribution in [0.25, 0.3) is 97.0 Å². The first kappa shape index (κ1) is 17.3. The van der Waals surface area contributed by atoms with Crippen LogP contribution in [-0.2, 0) is 0 Å². The molecule has 0 aliphatic heterocycles. The molecule has 0 amide bonds. The molecule has 2 heteroatoms. The van der Waals surface area contributed by atoms with Gasteiger partial charge in [0.1, 0.15) is 0 Å². The van der Waals surface area contributed by atoms with Gasteiger partial charge < -0.3 is 0 Å². The van der Waals surface area contributed by atoms with Crippen LogP contribution in [0.5, 0.6) is 0 Å². The molecule has 10 aromatic rings. The molecule has 0 aliphatic carbocycles. The third-order valence-electron chi connectivity index (χ3n) is 8.64. The zero-order chi connectivity index (χ0) is 22.7. The largest absolute Gasteiger partial charge is 0.192 e. The van der Waals surface area contributed by atoms with Crippen LogP contribution in [0.3, 0.4) is 0 Å². The van der Waals surface area contributed by atoms with Crippen LogP contribution in [0.15, 0.2) is 77.3 Å². The van der Waals surface area contributed by atoms with Crippen molar-refractivity contribution in [3.05, 3.63) is 82.8 Å². The zero-order valence-electron chi connectivity index (χ0n) is 18.3. The highest BCUT2D eigenvalue weighted by Crippen LogP contribution is 2.55. The molecule has 10 rings (SSSR count). The Kier molecular flexibility index (Phi) is 2.58. The molecule has 0 aromatic heterocycles. The summed E-state index contributed by atoms with van der Waals surface area (Å²) in [4.78, 5) is 0. The summed E-state index contributed by atoms with van der Waals surface area (Å²) in [5, 5.41) is 33.3. The molecule has 10 aromatic carbocycles. The Bertz CT molecular complexity index is 2550. The van der Waals surface area contributed by atoms with Crippen molar-refractivity contribution in [2.45, 2.75) is 0 Å². The minimum absolute atomic E-state index is 0.754. The van der Waals surface area contributed by atoms with Gasteiger partial charge in [-0.05, 0) is 110 Å². The number of halogens is 1. The maximum absolute atomic E-state index is 10.2. The highest BCUT2D eigenvalue weighted by atomic mass is 79.9. The SMILES string of the molecule is N#Cc1cc2ccc3c(Br)cc4cc5ccc6ccc7ccc8cc1c1c2c3c4c2c5c6c7c8c12. The summed E-state index contributed by atoms with van der Waals surface area (Å²) >= 11 is 3.89. The summed E-state index contributed by atoms with van der Waals surface area (Å²) < 4.78 is 1.12. The minimum atomic E-state index is 0.754. The van der Waals surface area contributed by atoms with Gasteiger partial charge in [-0.15, -0.1) is 0 Å². The quantitative estimate of drug-likeness (QED) is 0.150. The fourth-order valence-corrected chi connectivity index (χ4v) is 7.98. The average molecular weight is 502 g/mol. The lowest BCUT2D eigenvalue weighted by molar-refractivity contribution is 1.51. The number of nitriles is 1. The monoisotopic (exact) mass is 501 g/mol. The van der Waals surface area contributed by atoms with Crippen molar-refractivity contribution in [2.75, 3.05) is 0 Å². The lowest BCUT2D eigenvalue weighted by atomic mass is 9.77. The molecular weight excluding hydrogens is 490 g/mol. The zero-order valence-corrected chi connectivity index (χ0v) is 19.8. The highest BCUT2D eigenvalue weighted by Gasteiger charge is 2.27. The van der Waals surface area contributed by atoms with Gasteiger partial charge in [-0.25, -0.2) is 0 Å². The summed E-state index contributed by atoms with van der Waals surface area (Å²) in [6.45, 7) is 0. The van der Waals surface area contributed by atoms with Crippen LogP contribution in [0, 0.1) is 11.3 Å². The van der Waals surface area contributed by atoms with E-state index in [0.29, 0.717) is 0 Å². The molecule has 35 heavy (non-hydrogen) atoms. The smallest absolute Gasteiger partial charge is 0.0998 e. The van der Waals surface area contributed by atoms with E-state index in [1.165, 1.54) is 86.2 Å². The molecular formula is C33H12BrN. The van der Waals surface area contributed by atoms with E-state index in [1.54, 1.807) is 0 Å².